The zero-order chi connectivity index (χ0) is 18.2. The van der Waals surface area contributed by atoms with Gasteiger partial charge in [-0.2, -0.15) is 0 Å². The van der Waals surface area contributed by atoms with Gasteiger partial charge in [0.2, 0.25) is 0 Å². The second-order valence-corrected chi connectivity index (χ2v) is 6.44. The molecule has 1 aromatic carbocycles. The van der Waals surface area contributed by atoms with Gasteiger partial charge in [-0.3, -0.25) is 4.98 Å². The molecule has 0 radical (unpaired) electrons. The Labute approximate surface area is 155 Å². The molecule has 134 valence electrons. The molecule has 0 unspecified atom stereocenters. The van der Waals surface area contributed by atoms with Crippen LogP contribution in [0.2, 0.25) is 0 Å². The monoisotopic (exact) mass is 358 g/mol. The fourth-order valence-corrected chi connectivity index (χ4v) is 2.86. The minimum absolute atomic E-state index is 0.0656. The maximum absolute atomic E-state index is 5.71. The van der Waals surface area contributed by atoms with E-state index in [-0.39, 0.29) is 6.04 Å². The number of thiocarbonyl (C=S) groups is 1. The number of methoxy groups -OCH3 is 1. The largest absolute Gasteiger partial charge is 0.495 e. The van der Waals surface area contributed by atoms with Gasteiger partial charge < -0.3 is 19.9 Å². The third-order valence-corrected chi connectivity index (χ3v) is 4.32. The maximum Gasteiger partial charge on any atom is 0.174 e. The van der Waals surface area contributed by atoms with Crippen molar-refractivity contribution < 1.29 is 4.74 Å². The molecule has 0 bridgehead atoms. The Hall–Kier alpha value is -2.18. The molecule has 0 saturated heterocycles. The van der Waals surface area contributed by atoms with Gasteiger partial charge in [0.15, 0.2) is 5.11 Å². The summed E-state index contributed by atoms with van der Waals surface area (Å²) in [7, 11) is 5.77. The number of anilines is 1. The molecule has 1 heterocycles. The number of ether oxygens (including phenoxy) is 1. The van der Waals surface area contributed by atoms with Crippen molar-refractivity contribution in [3.05, 3.63) is 54.4 Å². The Morgan fingerprint density at radius 1 is 1.16 bits per heavy atom. The Morgan fingerprint density at radius 3 is 2.52 bits per heavy atom. The first-order chi connectivity index (χ1) is 12.0. The van der Waals surface area contributed by atoms with E-state index in [1.54, 1.807) is 7.11 Å². The lowest BCUT2D eigenvalue weighted by Crippen LogP contribution is -2.41. The van der Waals surface area contributed by atoms with Crippen molar-refractivity contribution in [1.29, 1.82) is 0 Å². The molecule has 0 saturated carbocycles. The molecular formula is C19H26N4OS. The molecule has 25 heavy (non-hydrogen) atoms. The number of nitrogens with one attached hydrogen (secondary N) is 1. The second kappa shape index (κ2) is 9.34. The number of benzene rings is 1. The minimum Gasteiger partial charge on any atom is -0.495 e. The van der Waals surface area contributed by atoms with E-state index in [0.717, 1.165) is 30.2 Å². The molecule has 0 amide bonds. The zero-order valence-electron chi connectivity index (χ0n) is 15.3. The molecule has 5 nitrogen and oxygen atoms in total. The summed E-state index contributed by atoms with van der Waals surface area (Å²) in [6, 6.07) is 13.8. The number of rotatable bonds is 7. The summed E-state index contributed by atoms with van der Waals surface area (Å²) in [6.07, 6.45) is 1.81. The first-order valence-corrected chi connectivity index (χ1v) is 8.70. The van der Waals surface area contributed by atoms with Crippen LogP contribution in [-0.2, 0) is 0 Å². The van der Waals surface area contributed by atoms with Gasteiger partial charge in [-0.25, -0.2) is 0 Å². The summed E-state index contributed by atoms with van der Waals surface area (Å²) in [4.78, 5) is 8.78. The van der Waals surface area contributed by atoms with Crippen molar-refractivity contribution in [2.24, 2.45) is 0 Å². The van der Waals surface area contributed by atoms with Crippen LogP contribution in [0.25, 0.3) is 0 Å². The average Bonchev–Trinajstić information content (AvgIpc) is 2.62. The fourth-order valence-electron chi connectivity index (χ4n) is 2.50. The van der Waals surface area contributed by atoms with Crippen LogP contribution >= 0.6 is 12.2 Å². The normalized spacial score (nSPS) is 11.9. The molecule has 0 spiro atoms. The van der Waals surface area contributed by atoms with Crippen LogP contribution < -0.4 is 10.1 Å². The standard InChI is InChI=1S/C19H26N4OS/c1-15(16-9-7-8-12-20-16)23(14-13-22(2)3)19(25)21-17-10-5-6-11-18(17)24-4/h5-12,15H,13-14H2,1-4H3,(H,21,25)/t15-/m1/s1. The molecule has 2 rings (SSSR count). The number of para-hydroxylation sites is 2. The number of likely N-dealkylation sites (N-methyl/N-ethyl adjacent to an activating group) is 1. The first-order valence-electron chi connectivity index (χ1n) is 8.29. The third-order valence-electron chi connectivity index (χ3n) is 3.98. The quantitative estimate of drug-likeness (QED) is 0.765. The summed E-state index contributed by atoms with van der Waals surface area (Å²) in [6.45, 7) is 3.81. The summed E-state index contributed by atoms with van der Waals surface area (Å²) < 4.78 is 5.41. The van der Waals surface area contributed by atoms with E-state index in [2.05, 4.69) is 41.1 Å². The summed E-state index contributed by atoms with van der Waals surface area (Å²) >= 11 is 5.71. The van der Waals surface area contributed by atoms with Crippen LogP contribution in [0, 0.1) is 0 Å². The van der Waals surface area contributed by atoms with Crippen molar-refractivity contribution in [2.75, 3.05) is 39.6 Å². The molecule has 0 aliphatic heterocycles. The smallest absolute Gasteiger partial charge is 0.174 e. The van der Waals surface area contributed by atoms with E-state index in [0.29, 0.717) is 5.11 Å². The number of hydrogen-bond acceptors (Lipinski definition) is 4. The van der Waals surface area contributed by atoms with E-state index >= 15 is 0 Å². The molecule has 0 fully saturated rings. The van der Waals surface area contributed by atoms with Gasteiger partial charge >= 0.3 is 0 Å². The predicted octanol–water partition coefficient (Wildman–Crippen LogP) is 3.41. The molecule has 1 atom stereocenters. The van der Waals surface area contributed by atoms with Gasteiger partial charge in [-0.15, -0.1) is 0 Å². The van der Waals surface area contributed by atoms with E-state index in [1.807, 2.05) is 48.7 Å². The van der Waals surface area contributed by atoms with Crippen LogP contribution in [0.4, 0.5) is 5.69 Å². The lowest BCUT2D eigenvalue weighted by atomic mass is 10.2. The maximum atomic E-state index is 5.71. The molecule has 1 N–H and O–H groups in total. The predicted molar refractivity (Wildman–Crippen MR) is 107 cm³/mol. The van der Waals surface area contributed by atoms with Gasteiger partial charge in [0.05, 0.1) is 24.5 Å². The lowest BCUT2D eigenvalue weighted by Gasteiger charge is -2.32. The van der Waals surface area contributed by atoms with Crippen LogP contribution in [0.3, 0.4) is 0 Å². The molecule has 6 heteroatoms. The summed E-state index contributed by atoms with van der Waals surface area (Å²) in [5.41, 5.74) is 1.85. The van der Waals surface area contributed by atoms with Gasteiger partial charge in [-0.1, -0.05) is 18.2 Å². The Kier molecular flexibility index (Phi) is 7.16. The van der Waals surface area contributed by atoms with Gasteiger partial charge in [0, 0.05) is 19.3 Å². The van der Waals surface area contributed by atoms with Crippen LogP contribution in [0.15, 0.2) is 48.7 Å². The van der Waals surface area contributed by atoms with Crippen molar-refractivity contribution in [3.8, 4) is 5.75 Å². The number of hydrogen-bond donors (Lipinski definition) is 1. The topological polar surface area (TPSA) is 40.6 Å². The summed E-state index contributed by atoms with van der Waals surface area (Å²) in [5.74, 6) is 0.767. The van der Waals surface area contributed by atoms with E-state index < -0.39 is 0 Å². The molecule has 0 aliphatic carbocycles. The Morgan fingerprint density at radius 2 is 1.88 bits per heavy atom. The fraction of sp³-hybridized carbons (Fsp3) is 0.368. The highest BCUT2D eigenvalue weighted by atomic mass is 32.1. The lowest BCUT2D eigenvalue weighted by molar-refractivity contribution is 0.286. The van der Waals surface area contributed by atoms with Crippen LogP contribution in [-0.4, -0.2) is 54.2 Å². The third kappa shape index (κ3) is 5.41. The minimum atomic E-state index is 0.0656. The first kappa shape index (κ1) is 19.1. The van der Waals surface area contributed by atoms with E-state index in [4.69, 9.17) is 17.0 Å². The molecular weight excluding hydrogens is 332 g/mol. The number of pyridine rings is 1. The number of aromatic nitrogens is 1. The molecule has 2 aromatic rings. The van der Waals surface area contributed by atoms with Gasteiger partial charge in [-0.05, 0) is 57.5 Å². The Bertz CT molecular complexity index is 678. The van der Waals surface area contributed by atoms with E-state index in [9.17, 15) is 0 Å². The average molecular weight is 359 g/mol. The highest BCUT2D eigenvalue weighted by Crippen LogP contribution is 2.25. The molecule has 1 aromatic heterocycles. The highest BCUT2D eigenvalue weighted by molar-refractivity contribution is 7.80. The van der Waals surface area contributed by atoms with Crippen molar-refractivity contribution in [3.63, 3.8) is 0 Å². The van der Waals surface area contributed by atoms with Gasteiger partial charge in [0.25, 0.3) is 0 Å². The van der Waals surface area contributed by atoms with Gasteiger partial charge in [0.1, 0.15) is 5.75 Å². The zero-order valence-corrected chi connectivity index (χ0v) is 16.1. The van der Waals surface area contributed by atoms with Crippen molar-refractivity contribution in [2.45, 2.75) is 13.0 Å². The second-order valence-electron chi connectivity index (χ2n) is 6.06. The van der Waals surface area contributed by atoms with Crippen LogP contribution in [0.1, 0.15) is 18.7 Å². The number of nitrogens with zero attached hydrogens (tertiary/aromatic N) is 3. The van der Waals surface area contributed by atoms with Crippen molar-refractivity contribution >= 4 is 23.0 Å². The SMILES string of the molecule is COc1ccccc1NC(=S)N(CCN(C)C)[C@H](C)c1ccccn1. The highest BCUT2D eigenvalue weighted by Gasteiger charge is 2.20. The molecule has 0 aliphatic rings. The van der Waals surface area contributed by atoms with Crippen molar-refractivity contribution in [1.82, 2.24) is 14.8 Å². The van der Waals surface area contributed by atoms with E-state index in [1.165, 1.54) is 0 Å². The summed E-state index contributed by atoms with van der Waals surface area (Å²) in [5, 5.41) is 3.98. The Balaban J connectivity index is 2.20. The van der Waals surface area contributed by atoms with Crippen LogP contribution in [0.5, 0.6) is 5.75 Å².